The number of hydrogen-bond acceptors (Lipinski definition) is 5. The molecular formula is C12H7N5O2. The van der Waals surface area contributed by atoms with Gasteiger partial charge in [0.2, 0.25) is 0 Å². The van der Waals surface area contributed by atoms with Crippen LogP contribution >= 0.6 is 0 Å². The number of carboxylic acids is 1. The molecule has 2 rings (SSSR count). The average molecular weight is 253 g/mol. The molecule has 0 fully saturated rings. The van der Waals surface area contributed by atoms with E-state index in [1.165, 1.54) is 17.1 Å². The number of aromatic nitrogens is 3. The molecule has 0 saturated carbocycles. The molecule has 0 spiro atoms. The average Bonchev–Trinajstić information content (AvgIpc) is 2.80. The second kappa shape index (κ2) is 4.59. The van der Waals surface area contributed by atoms with E-state index in [0.717, 1.165) is 0 Å². The van der Waals surface area contributed by atoms with Crippen molar-refractivity contribution in [1.82, 2.24) is 14.5 Å². The summed E-state index contributed by atoms with van der Waals surface area (Å²) >= 11 is 0. The second-order valence-electron chi connectivity index (χ2n) is 3.67. The number of aryl methyl sites for hydroxylation is 1. The Bertz CT molecular complexity index is 748. The van der Waals surface area contributed by atoms with Gasteiger partial charge in [0.05, 0.1) is 0 Å². The van der Waals surface area contributed by atoms with E-state index in [1.54, 1.807) is 19.1 Å². The van der Waals surface area contributed by atoms with E-state index < -0.39 is 5.97 Å². The maximum atomic E-state index is 11.3. The first kappa shape index (κ1) is 12.3. The van der Waals surface area contributed by atoms with Gasteiger partial charge in [0.15, 0.2) is 17.2 Å². The zero-order valence-corrected chi connectivity index (χ0v) is 9.82. The minimum absolute atomic E-state index is 0.0270. The lowest BCUT2D eigenvalue weighted by Gasteiger charge is -2.08. The summed E-state index contributed by atoms with van der Waals surface area (Å²) in [6.45, 7) is 1.63. The lowest BCUT2D eigenvalue weighted by molar-refractivity contribution is 0.0695. The largest absolute Gasteiger partial charge is 0.478 e. The van der Waals surface area contributed by atoms with E-state index in [2.05, 4.69) is 9.97 Å². The van der Waals surface area contributed by atoms with Gasteiger partial charge in [-0.15, -0.1) is 0 Å². The van der Waals surface area contributed by atoms with Crippen LogP contribution in [0.4, 0.5) is 0 Å². The number of nitriles is 2. The first-order chi connectivity index (χ1) is 9.10. The van der Waals surface area contributed by atoms with Crippen LogP contribution in [-0.4, -0.2) is 25.6 Å². The third-order valence-corrected chi connectivity index (χ3v) is 2.56. The highest BCUT2D eigenvalue weighted by Crippen LogP contribution is 2.19. The number of pyridine rings is 1. The minimum Gasteiger partial charge on any atom is -0.478 e. The summed E-state index contributed by atoms with van der Waals surface area (Å²) < 4.78 is 1.20. The molecule has 2 heterocycles. The molecule has 0 amide bonds. The summed E-state index contributed by atoms with van der Waals surface area (Å²) in [5, 5.41) is 27.1. The van der Waals surface area contributed by atoms with Crippen LogP contribution < -0.4 is 0 Å². The Morgan fingerprint density at radius 3 is 2.68 bits per heavy atom. The van der Waals surface area contributed by atoms with Crippen LogP contribution in [-0.2, 0) is 0 Å². The van der Waals surface area contributed by atoms with Crippen molar-refractivity contribution in [3.63, 3.8) is 0 Å². The molecule has 0 aromatic carbocycles. The molecule has 0 bridgehead atoms. The molecule has 92 valence electrons. The van der Waals surface area contributed by atoms with Crippen LogP contribution in [0.25, 0.3) is 5.82 Å². The fourth-order valence-electron chi connectivity index (χ4n) is 1.69. The van der Waals surface area contributed by atoms with Crippen molar-refractivity contribution in [1.29, 1.82) is 10.5 Å². The van der Waals surface area contributed by atoms with Crippen molar-refractivity contribution < 1.29 is 9.90 Å². The highest BCUT2D eigenvalue weighted by molar-refractivity contribution is 5.92. The summed E-state index contributed by atoms with van der Waals surface area (Å²) in [4.78, 5) is 19.0. The summed E-state index contributed by atoms with van der Waals surface area (Å²) in [6.07, 6.45) is 2.65. The van der Waals surface area contributed by atoms with Gasteiger partial charge in [-0.05, 0) is 18.6 Å². The van der Waals surface area contributed by atoms with Crippen LogP contribution in [0.15, 0.2) is 18.6 Å². The van der Waals surface area contributed by atoms with Gasteiger partial charge in [-0.1, -0.05) is 0 Å². The van der Waals surface area contributed by atoms with E-state index in [9.17, 15) is 9.90 Å². The first-order valence-corrected chi connectivity index (χ1v) is 5.17. The number of carbonyl (C=O) groups is 1. The van der Waals surface area contributed by atoms with Gasteiger partial charge in [0, 0.05) is 6.20 Å². The Labute approximate surface area is 108 Å². The molecule has 0 unspecified atom stereocenters. The topological polar surface area (TPSA) is 116 Å². The van der Waals surface area contributed by atoms with Gasteiger partial charge in [0.25, 0.3) is 0 Å². The molecule has 19 heavy (non-hydrogen) atoms. The summed E-state index contributed by atoms with van der Waals surface area (Å²) in [7, 11) is 0. The number of carboxylic acid groups (broad SMARTS) is 1. The van der Waals surface area contributed by atoms with E-state index >= 15 is 0 Å². The van der Waals surface area contributed by atoms with Gasteiger partial charge < -0.3 is 5.11 Å². The number of nitrogens with zero attached hydrogens (tertiary/aromatic N) is 5. The maximum Gasteiger partial charge on any atom is 0.339 e. The Morgan fingerprint density at radius 2 is 2.11 bits per heavy atom. The molecule has 0 saturated heterocycles. The SMILES string of the molecule is Cc1ccnc(-n2cnc(C#N)c2C#N)c1C(=O)O. The predicted molar refractivity (Wildman–Crippen MR) is 62.5 cm³/mol. The van der Waals surface area contributed by atoms with Gasteiger partial charge in [-0.3, -0.25) is 4.57 Å². The van der Waals surface area contributed by atoms with Gasteiger partial charge in [-0.25, -0.2) is 14.8 Å². The number of aromatic carboxylic acids is 1. The molecule has 7 nitrogen and oxygen atoms in total. The van der Waals surface area contributed by atoms with Crippen LogP contribution in [0.5, 0.6) is 0 Å². The highest BCUT2D eigenvalue weighted by Gasteiger charge is 2.20. The van der Waals surface area contributed by atoms with E-state index in [0.29, 0.717) is 5.56 Å². The van der Waals surface area contributed by atoms with Crippen molar-refractivity contribution in [2.24, 2.45) is 0 Å². The molecule has 1 N–H and O–H groups in total. The fraction of sp³-hybridized carbons (Fsp3) is 0.0833. The van der Waals surface area contributed by atoms with Crippen LogP contribution in [0, 0.1) is 29.6 Å². The van der Waals surface area contributed by atoms with Crippen molar-refractivity contribution >= 4 is 5.97 Å². The molecule has 7 heteroatoms. The molecule has 0 radical (unpaired) electrons. The van der Waals surface area contributed by atoms with Gasteiger partial charge in [-0.2, -0.15) is 10.5 Å². The van der Waals surface area contributed by atoms with E-state index in [4.69, 9.17) is 10.5 Å². The van der Waals surface area contributed by atoms with Crippen molar-refractivity contribution in [3.05, 3.63) is 41.1 Å². The van der Waals surface area contributed by atoms with Gasteiger partial charge in [0.1, 0.15) is 24.0 Å². The van der Waals surface area contributed by atoms with Crippen molar-refractivity contribution in [2.45, 2.75) is 6.92 Å². The molecule has 2 aromatic heterocycles. The van der Waals surface area contributed by atoms with Crippen molar-refractivity contribution in [2.75, 3.05) is 0 Å². The zero-order valence-electron chi connectivity index (χ0n) is 9.82. The third-order valence-electron chi connectivity index (χ3n) is 2.56. The molecule has 2 aromatic rings. The van der Waals surface area contributed by atoms with Crippen LogP contribution in [0.1, 0.15) is 27.3 Å². The Morgan fingerprint density at radius 1 is 1.37 bits per heavy atom. The van der Waals surface area contributed by atoms with Crippen LogP contribution in [0.2, 0.25) is 0 Å². The number of hydrogen-bond donors (Lipinski definition) is 1. The van der Waals surface area contributed by atoms with E-state index in [1.807, 2.05) is 6.07 Å². The molecule has 0 aliphatic rings. The Kier molecular flexibility index (Phi) is 2.96. The third kappa shape index (κ3) is 1.90. The maximum absolute atomic E-state index is 11.3. The standard InChI is InChI=1S/C12H7N5O2/c1-7-2-3-15-11(10(7)12(18)19)17-6-16-8(4-13)9(17)5-14/h2-3,6H,1H3,(H,18,19). The lowest BCUT2D eigenvalue weighted by Crippen LogP contribution is -2.10. The lowest BCUT2D eigenvalue weighted by atomic mass is 10.1. The normalized spacial score (nSPS) is 9.63. The smallest absolute Gasteiger partial charge is 0.339 e. The number of rotatable bonds is 2. The minimum atomic E-state index is -1.16. The fourth-order valence-corrected chi connectivity index (χ4v) is 1.69. The predicted octanol–water partition coefficient (Wildman–Crippen LogP) is 1.02. The Hall–Kier alpha value is -3.19. The monoisotopic (exact) mass is 253 g/mol. The van der Waals surface area contributed by atoms with Crippen LogP contribution in [0.3, 0.4) is 0 Å². The summed E-state index contributed by atoms with van der Waals surface area (Å²) in [6, 6.07) is 5.15. The second-order valence-corrected chi connectivity index (χ2v) is 3.67. The summed E-state index contributed by atoms with van der Waals surface area (Å²) in [5.74, 6) is -1.09. The van der Waals surface area contributed by atoms with Crippen molar-refractivity contribution in [3.8, 4) is 18.0 Å². The molecular weight excluding hydrogens is 246 g/mol. The molecule has 0 aliphatic carbocycles. The Balaban J connectivity index is 2.78. The van der Waals surface area contributed by atoms with Gasteiger partial charge >= 0.3 is 5.97 Å². The first-order valence-electron chi connectivity index (χ1n) is 5.17. The van der Waals surface area contributed by atoms with E-state index in [-0.39, 0.29) is 22.8 Å². The quantitative estimate of drug-likeness (QED) is 0.853. The zero-order chi connectivity index (χ0) is 14.0. The molecule has 0 aliphatic heterocycles. The highest BCUT2D eigenvalue weighted by atomic mass is 16.4. The molecule has 0 atom stereocenters. The number of imidazole rings is 1. The summed E-state index contributed by atoms with van der Waals surface area (Å²) in [5.41, 5.74) is 0.375.